The fraction of sp³-hybridized carbons (Fsp3) is 0.714. The third kappa shape index (κ3) is 5.76. The van der Waals surface area contributed by atoms with Crippen LogP contribution in [0.25, 0.3) is 0 Å². The molecule has 0 saturated carbocycles. The molecule has 0 aromatic heterocycles. The summed E-state index contributed by atoms with van der Waals surface area (Å²) in [6, 6.07) is 0. The first-order chi connectivity index (χ1) is 6.54. The first-order valence-corrected chi connectivity index (χ1v) is 3.82. The van der Waals surface area contributed by atoms with E-state index in [9.17, 15) is 22.8 Å². The lowest BCUT2D eigenvalue weighted by Crippen LogP contribution is -2.50. The van der Waals surface area contributed by atoms with Crippen molar-refractivity contribution in [3.05, 3.63) is 0 Å². The second-order valence-electron chi connectivity index (χ2n) is 3.27. The average Bonchev–Trinajstić information content (AvgIpc) is 1.98. The number of hydrogen-bond donors (Lipinski definition) is 1. The van der Waals surface area contributed by atoms with Gasteiger partial charge in [-0.2, -0.15) is 13.2 Å². The lowest BCUT2D eigenvalue weighted by Gasteiger charge is -2.21. The van der Waals surface area contributed by atoms with Gasteiger partial charge in [0.15, 0.2) is 6.61 Å². The number of ether oxygens (including phenoxy) is 1. The monoisotopic (exact) mass is 227 g/mol. The van der Waals surface area contributed by atoms with Crippen molar-refractivity contribution in [1.29, 1.82) is 0 Å². The van der Waals surface area contributed by atoms with Gasteiger partial charge in [0, 0.05) is 0 Å². The van der Waals surface area contributed by atoms with Crippen LogP contribution in [0.4, 0.5) is 18.0 Å². The number of halogens is 3. The van der Waals surface area contributed by atoms with Gasteiger partial charge in [0.2, 0.25) is 0 Å². The third-order valence-corrected chi connectivity index (χ3v) is 1.35. The number of rotatable bonds is 3. The minimum atomic E-state index is -4.62. The van der Waals surface area contributed by atoms with Crippen molar-refractivity contribution in [2.24, 2.45) is 0 Å². The van der Waals surface area contributed by atoms with Crippen molar-refractivity contribution in [3.8, 4) is 0 Å². The third-order valence-electron chi connectivity index (χ3n) is 1.35. The molecule has 2 amide bonds. The standard InChI is InChI=1S/C7H10F3N2O3/c1-6(2,4(11)13)12-5(14)15-3-7(8,9)10/h11H,3H2,1-2H3,(H,12,14). The van der Waals surface area contributed by atoms with Crippen LogP contribution in [-0.4, -0.2) is 30.3 Å². The zero-order valence-electron chi connectivity index (χ0n) is 8.07. The van der Waals surface area contributed by atoms with Crippen molar-refractivity contribution in [2.75, 3.05) is 6.61 Å². The summed E-state index contributed by atoms with van der Waals surface area (Å²) in [6.07, 6.45) is -6.01. The molecule has 0 bridgehead atoms. The van der Waals surface area contributed by atoms with E-state index in [1.54, 1.807) is 0 Å². The van der Waals surface area contributed by atoms with Gasteiger partial charge in [-0.05, 0) is 13.8 Å². The largest absolute Gasteiger partial charge is 0.440 e. The summed E-state index contributed by atoms with van der Waals surface area (Å²) in [4.78, 5) is 21.3. The Hall–Kier alpha value is -1.47. The maximum absolute atomic E-state index is 11.6. The van der Waals surface area contributed by atoms with E-state index in [2.05, 4.69) is 4.74 Å². The van der Waals surface area contributed by atoms with Crippen LogP contribution in [0.1, 0.15) is 13.8 Å². The van der Waals surface area contributed by atoms with E-state index in [0.717, 1.165) is 0 Å². The summed E-state index contributed by atoms with van der Waals surface area (Å²) in [6.45, 7) is 0.621. The van der Waals surface area contributed by atoms with Gasteiger partial charge < -0.3 is 10.1 Å². The summed E-state index contributed by atoms with van der Waals surface area (Å²) >= 11 is 0. The molecule has 0 unspecified atom stereocenters. The van der Waals surface area contributed by atoms with Gasteiger partial charge in [0.05, 0.1) is 0 Å². The Morgan fingerprint density at radius 1 is 1.33 bits per heavy atom. The van der Waals surface area contributed by atoms with Crippen LogP contribution < -0.4 is 11.1 Å². The van der Waals surface area contributed by atoms with Crippen LogP contribution in [0.2, 0.25) is 0 Å². The molecule has 87 valence electrons. The maximum Gasteiger partial charge on any atom is 0.422 e. The molecule has 0 atom stereocenters. The SMILES string of the molecule is CC(C)(NC(=O)OCC(F)(F)F)C([NH])=O. The Morgan fingerprint density at radius 3 is 2.13 bits per heavy atom. The van der Waals surface area contributed by atoms with E-state index in [4.69, 9.17) is 5.73 Å². The van der Waals surface area contributed by atoms with Crippen LogP contribution in [-0.2, 0) is 9.53 Å². The Morgan fingerprint density at radius 2 is 1.80 bits per heavy atom. The minimum Gasteiger partial charge on any atom is -0.440 e. The smallest absolute Gasteiger partial charge is 0.422 e. The van der Waals surface area contributed by atoms with E-state index in [-0.39, 0.29) is 0 Å². The van der Waals surface area contributed by atoms with Gasteiger partial charge in [0.1, 0.15) is 5.54 Å². The lowest BCUT2D eigenvalue weighted by molar-refractivity contribution is -0.160. The quantitative estimate of drug-likeness (QED) is 0.776. The van der Waals surface area contributed by atoms with Crippen molar-refractivity contribution < 1.29 is 27.5 Å². The molecular weight excluding hydrogens is 217 g/mol. The van der Waals surface area contributed by atoms with E-state index < -0.39 is 30.3 Å². The number of nitrogens with one attached hydrogen (secondary N) is 2. The van der Waals surface area contributed by atoms with Gasteiger partial charge in [0.25, 0.3) is 5.91 Å². The zero-order valence-corrected chi connectivity index (χ0v) is 8.07. The van der Waals surface area contributed by atoms with Crippen LogP contribution in [0.15, 0.2) is 0 Å². The molecule has 1 radical (unpaired) electrons. The van der Waals surface area contributed by atoms with Crippen molar-refractivity contribution in [1.82, 2.24) is 11.1 Å². The summed E-state index contributed by atoms with van der Waals surface area (Å²) < 4.78 is 38.6. The Balaban J connectivity index is 4.11. The molecule has 0 aliphatic heterocycles. The summed E-state index contributed by atoms with van der Waals surface area (Å²) in [5.74, 6) is -1.13. The van der Waals surface area contributed by atoms with Crippen LogP contribution in [0.3, 0.4) is 0 Å². The van der Waals surface area contributed by atoms with E-state index in [1.807, 2.05) is 5.32 Å². The van der Waals surface area contributed by atoms with Crippen molar-refractivity contribution in [3.63, 3.8) is 0 Å². The molecular formula is C7H10F3N2O3. The predicted molar refractivity (Wildman–Crippen MR) is 42.7 cm³/mol. The maximum atomic E-state index is 11.6. The molecule has 0 aromatic rings. The lowest BCUT2D eigenvalue weighted by atomic mass is 10.1. The number of amides is 2. The first kappa shape index (κ1) is 13.5. The Bertz CT molecular complexity index is 263. The predicted octanol–water partition coefficient (Wildman–Crippen LogP) is 0.863. The molecule has 5 nitrogen and oxygen atoms in total. The van der Waals surface area contributed by atoms with Gasteiger partial charge in [-0.1, -0.05) is 0 Å². The number of alkyl halides is 3. The van der Waals surface area contributed by atoms with Crippen LogP contribution in [0.5, 0.6) is 0 Å². The molecule has 0 fully saturated rings. The van der Waals surface area contributed by atoms with Gasteiger partial charge in [-0.25, -0.2) is 4.79 Å². The molecule has 0 saturated heterocycles. The highest BCUT2D eigenvalue weighted by atomic mass is 19.4. The van der Waals surface area contributed by atoms with Gasteiger partial charge >= 0.3 is 12.3 Å². The fourth-order valence-electron chi connectivity index (χ4n) is 0.495. The molecule has 0 aromatic carbocycles. The molecule has 2 N–H and O–H groups in total. The first-order valence-electron chi connectivity index (χ1n) is 3.82. The van der Waals surface area contributed by atoms with Crippen LogP contribution >= 0.6 is 0 Å². The topological polar surface area (TPSA) is 79.2 Å². The highest BCUT2D eigenvalue weighted by molar-refractivity contribution is 5.87. The average molecular weight is 227 g/mol. The van der Waals surface area contributed by atoms with E-state index >= 15 is 0 Å². The summed E-state index contributed by atoms with van der Waals surface area (Å²) in [5, 5.41) is 1.83. The van der Waals surface area contributed by atoms with Crippen molar-refractivity contribution in [2.45, 2.75) is 25.6 Å². The van der Waals surface area contributed by atoms with Gasteiger partial charge in [-0.15, -0.1) is 0 Å². The highest BCUT2D eigenvalue weighted by Crippen LogP contribution is 2.14. The number of carbonyl (C=O) groups is 2. The number of hydrogen-bond acceptors (Lipinski definition) is 3. The van der Waals surface area contributed by atoms with Gasteiger partial charge in [-0.3, -0.25) is 10.5 Å². The molecule has 15 heavy (non-hydrogen) atoms. The van der Waals surface area contributed by atoms with E-state index in [0.29, 0.717) is 0 Å². The number of carbonyl (C=O) groups excluding carboxylic acids is 2. The van der Waals surface area contributed by atoms with Crippen LogP contribution in [0, 0.1) is 0 Å². The summed E-state index contributed by atoms with van der Waals surface area (Å²) in [7, 11) is 0. The second kappa shape index (κ2) is 4.37. The highest BCUT2D eigenvalue weighted by Gasteiger charge is 2.32. The molecule has 0 rings (SSSR count). The van der Waals surface area contributed by atoms with Crippen molar-refractivity contribution >= 4 is 12.0 Å². The summed E-state index contributed by atoms with van der Waals surface area (Å²) in [5.41, 5.74) is 5.13. The Labute approximate surface area is 83.8 Å². The molecule has 8 heteroatoms. The molecule has 0 aliphatic carbocycles. The molecule has 0 spiro atoms. The number of alkyl carbamates (subject to hydrolysis) is 1. The molecule has 0 aliphatic rings. The fourth-order valence-corrected chi connectivity index (χ4v) is 0.495. The van der Waals surface area contributed by atoms with E-state index in [1.165, 1.54) is 13.8 Å². The normalized spacial score (nSPS) is 12.1. The minimum absolute atomic E-state index is 1.13. The Kier molecular flexibility index (Phi) is 3.94. The zero-order chi connectivity index (χ0) is 12.3. The molecule has 0 heterocycles. The second-order valence-corrected chi connectivity index (χ2v) is 3.27.